The summed E-state index contributed by atoms with van der Waals surface area (Å²) >= 11 is 0. The number of hydrogen-bond donors (Lipinski definition) is 1. The molecule has 1 unspecified atom stereocenters. The topological polar surface area (TPSA) is 37.3 Å². The molecule has 0 aliphatic rings. The van der Waals surface area contributed by atoms with Gasteiger partial charge in [-0.2, -0.15) is 4.79 Å². The molecule has 0 spiro atoms. The summed E-state index contributed by atoms with van der Waals surface area (Å²) in [6.07, 6.45) is -0.812. The van der Waals surface area contributed by atoms with Gasteiger partial charge in [0.05, 0.1) is 20.1 Å². The van der Waals surface area contributed by atoms with Gasteiger partial charge in [0.15, 0.2) is 0 Å². The van der Waals surface area contributed by atoms with E-state index >= 15 is 0 Å². The van der Waals surface area contributed by atoms with Gasteiger partial charge in [-0.05, 0) is 6.92 Å². The minimum Gasteiger partial charge on any atom is -0.435 e. The molecule has 1 N–H and O–H groups in total. The van der Waals surface area contributed by atoms with E-state index in [4.69, 9.17) is 5.11 Å². The Bertz CT molecular complexity index is 108. The summed E-state index contributed by atoms with van der Waals surface area (Å²) in [6.45, 7) is 6.35. The second kappa shape index (κ2) is 2.82. The third kappa shape index (κ3) is 1.68. The highest BCUT2D eigenvalue weighted by Gasteiger charge is 2.26. The lowest BCUT2D eigenvalue weighted by Crippen LogP contribution is -2.47. The highest BCUT2D eigenvalue weighted by atomic mass is 16.4. The van der Waals surface area contributed by atoms with Crippen molar-refractivity contribution < 1.29 is 14.4 Å². The summed E-state index contributed by atoms with van der Waals surface area (Å²) in [7, 11) is 1.65. The molecule has 0 aliphatic carbocycles. The van der Waals surface area contributed by atoms with E-state index in [1.807, 2.05) is 6.92 Å². The highest BCUT2D eigenvalue weighted by Crippen LogP contribution is 1.99. The van der Waals surface area contributed by atoms with Crippen molar-refractivity contribution in [3.63, 3.8) is 0 Å². The monoisotopic (exact) mass is 131 g/mol. The Morgan fingerprint density at radius 1 is 1.78 bits per heavy atom. The SMILES string of the molecule is [CH2]C[N+](C)(CC)C(=O)O. The molecular formula is C6H13NO2+. The number of carbonyl (C=O) groups is 1. The molecule has 0 aliphatic heterocycles. The van der Waals surface area contributed by atoms with Gasteiger partial charge in [-0.3, -0.25) is 0 Å². The van der Waals surface area contributed by atoms with Crippen molar-refractivity contribution in [3.8, 4) is 0 Å². The van der Waals surface area contributed by atoms with Crippen LogP contribution >= 0.6 is 0 Å². The lowest BCUT2D eigenvalue weighted by Gasteiger charge is -2.24. The largest absolute Gasteiger partial charge is 0.513 e. The van der Waals surface area contributed by atoms with Gasteiger partial charge in [-0.25, -0.2) is 4.48 Å². The molecule has 9 heavy (non-hydrogen) atoms. The number of hydrogen-bond acceptors (Lipinski definition) is 1. The molecule has 0 saturated heterocycles. The third-order valence-electron chi connectivity index (χ3n) is 1.65. The van der Waals surface area contributed by atoms with Gasteiger partial charge in [0, 0.05) is 6.92 Å². The van der Waals surface area contributed by atoms with Crippen molar-refractivity contribution in [1.29, 1.82) is 0 Å². The molecule has 3 nitrogen and oxygen atoms in total. The van der Waals surface area contributed by atoms with Crippen LogP contribution in [0.25, 0.3) is 0 Å². The molecule has 53 valence electrons. The smallest absolute Gasteiger partial charge is 0.435 e. The van der Waals surface area contributed by atoms with Crippen molar-refractivity contribution in [2.45, 2.75) is 6.92 Å². The molecule has 0 aromatic rings. The molecular weight excluding hydrogens is 118 g/mol. The van der Waals surface area contributed by atoms with Crippen LogP contribution in [0.2, 0.25) is 0 Å². The second-order valence-corrected chi connectivity index (χ2v) is 2.22. The summed E-state index contributed by atoms with van der Waals surface area (Å²) in [5, 5.41) is 8.56. The van der Waals surface area contributed by atoms with E-state index in [1.165, 1.54) is 0 Å². The van der Waals surface area contributed by atoms with Gasteiger partial charge in [0.25, 0.3) is 0 Å². The molecule has 0 rings (SSSR count). The molecule has 1 atom stereocenters. The van der Waals surface area contributed by atoms with Crippen LogP contribution in [0.1, 0.15) is 6.92 Å². The summed E-state index contributed by atoms with van der Waals surface area (Å²) in [5.74, 6) is 0. The maximum Gasteiger partial charge on any atom is 0.513 e. The Labute approximate surface area is 55.5 Å². The second-order valence-electron chi connectivity index (χ2n) is 2.22. The quantitative estimate of drug-likeness (QED) is 0.567. The molecule has 1 amide bonds. The zero-order valence-electron chi connectivity index (χ0n) is 5.92. The first kappa shape index (κ1) is 8.43. The summed E-state index contributed by atoms with van der Waals surface area (Å²) in [4.78, 5) is 10.4. The molecule has 1 radical (unpaired) electrons. The van der Waals surface area contributed by atoms with Gasteiger partial charge in [-0.1, -0.05) is 0 Å². The molecule has 0 heterocycles. The maximum atomic E-state index is 10.4. The third-order valence-corrected chi connectivity index (χ3v) is 1.65. The van der Waals surface area contributed by atoms with Gasteiger partial charge in [0.2, 0.25) is 0 Å². The zero-order valence-corrected chi connectivity index (χ0v) is 5.92. The Kier molecular flexibility index (Phi) is 2.65. The Balaban J connectivity index is 4.09. The Morgan fingerprint density at radius 2 is 2.22 bits per heavy atom. The van der Waals surface area contributed by atoms with E-state index in [-0.39, 0.29) is 4.48 Å². The van der Waals surface area contributed by atoms with Crippen molar-refractivity contribution in [2.24, 2.45) is 0 Å². The first-order chi connectivity index (χ1) is 4.06. The first-order valence-electron chi connectivity index (χ1n) is 2.94. The van der Waals surface area contributed by atoms with Crippen LogP contribution in [0.4, 0.5) is 4.79 Å². The van der Waals surface area contributed by atoms with Crippen LogP contribution < -0.4 is 0 Å². The number of amides is 1. The van der Waals surface area contributed by atoms with Crippen molar-refractivity contribution in [1.82, 2.24) is 0 Å². The fraction of sp³-hybridized carbons (Fsp3) is 0.667. The lowest BCUT2D eigenvalue weighted by molar-refractivity contribution is -0.829. The van der Waals surface area contributed by atoms with E-state index in [2.05, 4.69) is 6.92 Å². The van der Waals surface area contributed by atoms with E-state index in [0.717, 1.165) is 0 Å². The molecule has 0 aromatic carbocycles. The first-order valence-corrected chi connectivity index (χ1v) is 2.94. The molecule has 0 saturated carbocycles. The van der Waals surface area contributed by atoms with E-state index in [9.17, 15) is 4.79 Å². The molecule has 0 bridgehead atoms. The zero-order chi connectivity index (χ0) is 7.49. The highest BCUT2D eigenvalue weighted by molar-refractivity contribution is 5.56. The predicted octanol–water partition coefficient (Wildman–Crippen LogP) is 0.965. The fourth-order valence-electron chi connectivity index (χ4n) is 0.389. The van der Waals surface area contributed by atoms with E-state index < -0.39 is 6.09 Å². The molecule has 0 aromatic heterocycles. The Morgan fingerprint density at radius 3 is 2.22 bits per heavy atom. The fourth-order valence-corrected chi connectivity index (χ4v) is 0.389. The maximum absolute atomic E-state index is 10.4. The van der Waals surface area contributed by atoms with Crippen LogP contribution in [-0.4, -0.2) is 35.8 Å². The van der Waals surface area contributed by atoms with Gasteiger partial charge < -0.3 is 5.11 Å². The molecule has 0 fully saturated rings. The summed E-state index contributed by atoms with van der Waals surface area (Å²) in [5.41, 5.74) is 0. The predicted molar refractivity (Wildman–Crippen MR) is 35.0 cm³/mol. The van der Waals surface area contributed by atoms with Crippen molar-refractivity contribution in [2.75, 3.05) is 20.1 Å². The number of quaternary nitrogens is 1. The van der Waals surface area contributed by atoms with E-state index in [0.29, 0.717) is 13.1 Å². The molecule has 3 heteroatoms. The van der Waals surface area contributed by atoms with Crippen LogP contribution in [-0.2, 0) is 0 Å². The number of carboxylic acid groups (broad SMARTS) is 1. The number of rotatable bonds is 2. The van der Waals surface area contributed by atoms with E-state index in [1.54, 1.807) is 7.05 Å². The minimum atomic E-state index is -0.812. The van der Waals surface area contributed by atoms with Gasteiger partial charge >= 0.3 is 6.09 Å². The minimum absolute atomic E-state index is 0. The van der Waals surface area contributed by atoms with Crippen LogP contribution in [0, 0.1) is 6.92 Å². The normalized spacial score (nSPS) is 11.4. The average molecular weight is 131 g/mol. The lowest BCUT2D eigenvalue weighted by atomic mass is 10.4. The van der Waals surface area contributed by atoms with Crippen molar-refractivity contribution >= 4 is 6.09 Å². The summed E-state index contributed by atoms with van der Waals surface area (Å²) in [6, 6.07) is 0. The number of nitrogens with zero attached hydrogens (tertiary/aromatic N) is 1. The van der Waals surface area contributed by atoms with Crippen LogP contribution in [0.15, 0.2) is 0 Å². The van der Waals surface area contributed by atoms with Crippen molar-refractivity contribution in [3.05, 3.63) is 6.92 Å². The average Bonchev–Trinajstić information content (AvgIpc) is 1.86. The van der Waals surface area contributed by atoms with Crippen LogP contribution in [0.5, 0.6) is 0 Å². The Hall–Kier alpha value is -0.570. The summed E-state index contributed by atoms with van der Waals surface area (Å²) < 4.78 is 0. The van der Waals surface area contributed by atoms with Crippen LogP contribution in [0.3, 0.4) is 0 Å². The van der Waals surface area contributed by atoms with Gasteiger partial charge in [-0.15, -0.1) is 0 Å². The standard InChI is InChI=1S/C6H12NO2/c1-4-7(3,5-2)6(8)9/h1,4-5H2,2-3H3/p+1. The van der Waals surface area contributed by atoms with Gasteiger partial charge in [0.1, 0.15) is 0 Å².